The van der Waals surface area contributed by atoms with Crippen molar-refractivity contribution in [2.45, 2.75) is 33.2 Å². The number of fused-ring (bicyclic) bond motifs is 1. The molecular formula is C11H15N3S. The summed E-state index contributed by atoms with van der Waals surface area (Å²) in [5.74, 6) is 0. The molecule has 2 aromatic rings. The van der Waals surface area contributed by atoms with Crippen LogP contribution < -0.4 is 0 Å². The molecular weight excluding hydrogens is 206 g/mol. The minimum Gasteiger partial charge on any atom is -0.329 e. The van der Waals surface area contributed by atoms with Crippen LogP contribution in [-0.2, 0) is 6.54 Å². The summed E-state index contributed by atoms with van der Waals surface area (Å²) >= 11 is 5.28. The molecule has 0 fully saturated rings. The minimum atomic E-state index is 0.775. The number of hydrogen-bond acceptors (Lipinski definition) is 2. The van der Waals surface area contributed by atoms with E-state index >= 15 is 0 Å². The summed E-state index contributed by atoms with van der Waals surface area (Å²) in [6, 6.07) is 4.04. The molecule has 2 heterocycles. The molecule has 0 aromatic carbocycles. The Labute approximate surface area is 94.2 Å². The number of aromatic nitrogens is 3. The number of aryl methyl sites for hydroxylation is 2. The maximum Gasteiger partial charge on any atom is 0.179 e. The summed E-state index contributed by atoms with van der Waals surface area (Å²) in [6.45, 7) is 5.13. The Balaban J connectivity index is 2.55. The van der Waals surface area contributed by atoms with Gasteiger partial charge in [-0.3, -0.25) is 0 Å². The average Bonchev–Trinajstić information content (AvgIpc) is 2.51. The summed E-state index contributed by atoms with van der Waals surface area (Å²) in [7, 11) is 0. The van der Waals surface area contributed by atoms with Gasteiger partial charge in [0.25, 0.3) is 0 Å². The Kier molecular flexibility index (Phi) is 2.86. The van der Waals surface area contributed by atoms with Crippen molar-refractivity contribution in [1.29, 1.82) is 0 Å². The van der Waals surface area contributed by atoms with Crippen molar-refractivity contribution in [3.63, 3.8) is 0 Å². The smallest absolute Gasteiger partial charge is 0.179 e. The van der Waals surface area contributed by atoms with Gasteiger partial charge in [-0.1, -0.05) is 13.3 Å². The van der Waals surface area contributed by atoms with E-state index in [1.807, 2.05) is 19.1 Å². The molecule has 3 nitrogen and oxygen atoms in total. The summed E-state index contributed by atoms with van der Waals surface area (Å²) in [5, 5.41) is 0. The second-order valence-corrected chi connectivity index (χ2v) is 4.15. The summed E-state index contributed by atoms with van der Waals surface area (Å²) < 4.78 is 2.86. The highest BCUT2D eigenvalue weighted by Crippen LogP contribution is 2.13. The van der Waals surface area contributed by atoms with E-state index in [4.69, 9.17) is 12.2 Å². The van der Waals surface area contributed by atoms with Crippen molar-refractivity contribution in [1.82, 2.24) is 14.5 Å². The molecule has 1 N–H and O–H groups in total. The molecule has 80 valence electrons. The van der Waals surface area contributed by atoms with E-state index in [0.29, 0.717) is 0 Å². The Morgan fingerprint density at radius 2 is 2.27 bits per heavy atom. The third kappa shape index (κ3) is 1.95. The van der Waals surface area contributed by atoms with Gasteiger partial charge in [0.15, 0.2) is 10.4 Å². The van der Waals surface area contributed by atoms with Gasteiger partial charge in [-0.25, -0.2) is 4.98 Å². The average molecular weight is 221 g/mol. The SMILES string of the molecule is CCCCn1c(=S)[nH]c2ccc(C)nc21. The van der Waals surface area contributed by atoms with Crippen molar-refractivity contribution in [2.75, 3.05) is 0 Å². The number of imidazole rings is 1. The fraction of sp³-hybridized carbons (Fsp3) is 0.455. The largest absolute Gasteiger partial charge is 0.329 e. The van der Waals surface area contributed by atoms with Crippen molar-refractivity contribution in [3.05, 3.63) is 22.6 Å². The summed E-state index contributed by atoms with van der Waals surface area (Å²) in [4.78, 5) is 7.69. The Morgan fingerprint density at radius 3 is 3.00 bits per heavy atom. The number of aromatic amines is 1. The quantitative estimate of drug-likeness (QED) is 0.807. The lowest BCUT2D eigenvalue weighted by atomic mass is 10.3. The number of pyridine rings is 1. The highest BCUT2D eigenvalue weighted by molar-refractivity contribution is 7.71. The van der Waals surface area contributed by atoms with E-state index in [-0.39, 0.29) is 0 Å². The number of H-pyrrole nitrogens is 1. The molecule has 2 aromatic heterocycles. The highest BCUT2D eigenvalue weighted by Gasteiger charge is 2.04. The van der Waals surface area contributed by atoms with Crippen molar-refractivity contribution in [2.24, 2.45) is 0 Å². The van der Waals surface area contributed by atoms with Crippen LogP contribution in [0.15, 0.2) is 12.1 Å². The topological polar surface area (TPSA) is 33.6 Å². The number of rotatable bonds is 3. The molecule has 0 amide bonds. The van der Waals surface area contributed by atoms with Gasteiger partial charge in [0.05, 0.1) is 5.52 Å². The van der Waals surface area contributed by atoms with Crippen LogP contribution >= 0.6 is 12.2 Å². The molecule has 0 saturated heterocycles. The van der Waals surface area contributed by atoms with E-state index in [1.54, 1.807) is 0 Å². The Hall–Kier alpha value is -1.16. The van der Waals surface area contributed by atoms with Crippen LogP contribution in [0.1, 0.15) is 25.5 Å². The number of hydrogen-bond donors (Lipinski definition) is 1. The maximum absolute atomic E-state index is 5.28. The molecule has 0 unspecified atom stereocenters. The molecule has 4 heteroatoms. The van der Waals surface area contributed by atoms with Crippen LogP contribution in [0, 0.1) is 11.7 Å². The fourth-order valence-electron chi connectivity index (χ4n) is 1.65. The first-order chi connectivity index (χ1) is 7.22. The van der Waals surface area contributed by atoms with Crippen LogP contribution in [0.4, 0.5) is 0 Å². The van der Waals surface area contributed by atoms with E-state index in [0.717, 1.165) is 34.6 Å². The highest BCUT2D eigenvalue weighted by atomic mass is 32.1. The predicted molar refractivity (Wildman–Crippen MR) is 64.6 cm³/mol. The minimum absolute atomic E-state index is 0.775. The zero-order valence-corrected chi connectivity index (χ0v) is 9.90. The molecule has 0 bridgehead atoms. The Morgan fingerprint density at radius 1 is 1.47 bits per heavy atom. The molecule has 0 aliphatic rings. The van der Waals surface area contributed by atoms with Gasteiger partial charge in [-0.05, 0) is 37.7 Å². The third-order valence-electron chi connectivity index (χ3n) is 2.49. The standard InChI is InChI=1S/C11H15N3S/c1-3-4-7-14-10-9(13-11(14)15)6-5-8(2)12-10/h5-6H,3-4,7H2,1-2H3,(H,13,15). The molecule has 0 aliphatic carbocycles. The number of nitrogens with zero attached hydrogens (tertiary/aromatic N) is 2. The Bertz CT molecular complexity index is 524. The van der Waals surface area contributed by atoms with Crippen LogP contribution in [0.5, 0.6) is 0 Å². The molecule has 0 atom stereocenters. The molecule has 0 saturated carbocycles. The zero-order valence-electron chi connectivity index (χ0n) is 9.08. The second-order valence-electron chi connectivity index (χ2n) is 3.76. The second kappa shape index (κ2) is 4.14. The molecule has 0 spiro atoms. The van der Waals surface area contributed by atoms with Crippen LogP contribution in [0.25, 0.3) is 11.2 Å². The molecule has 0 radical (unpaired) electrons. The summed E-state index contributed by atoms with van der Waals surface area (Å²) in [5.41, 5.74) is 3.04. The molecule has 0 aliphatic heterocycles. The van der Waals surface area contributed by atoms with Gasteiger partial charge in [-0.15, -0.1) is 0 Å². The first kappa shape index (κ1) is 10.4. The maximum atomic E-state index is 5.28. The van der Waals surface area contributed by atoms with E-state index in [9.17, 15) is 0 Å². The van der Waals surface area contributed by atoms with Gasteiger partial charge in [-0.2, -0.15) is 0 Å². The van der Waals surface area contributed by atoms with Gasteiger partial charge in [0.1, 0.15) is 0 Å². The van der Waals surface area contributed by atoms with Crippen LogP contribution in [0.2, 0.25) is 0 Å². The van der Waals surface area contributed by atoms with Crippen molar-refractivity contribution < 1.29 is 0 Å². The lowest BCUT2D eigenvalue weighted by Gasteiger charge is -2.02. The lowest BCUT2D eigenvalue weighted by Crippen LogP contribution is -1.99. The van der Waals surface area contributed by atoms with Crippen LogP contribution in [0.3, 0.4) is 0 Å². The van der Waals surface area contributed by atoms with Gasteiger partial charge in [0.2, 0.25) is 0 Å². The van der Waals surface area contributed by atoms with E-state index in [2.05, 4.69) is 21.5 Å². The summed E-state index contributed by atoms with van der Waals surface area (Å²) in [6.07, 6.45) is 2.30. The first-order valence-corrected chi connectivity index (χ1v) is 5.69. The number of nitrogens with one attached hydrogen (secondary N) is 1. The predicted octanol–water partition coefficient (Wildman–Crippen LogP) is 3.20. The van der Waals surface area contributed by atoms with Crippen molar-refractivity contribution in [3.8, 4) is 0 Å². The van der Waals surface area contributed by atoms with Gasteiger partial charge < -0.3 is 9.55 Å². The third-order valence-corrected chi connectivity index (χ3v) is 2.81. The van der Waals surface area contributed by atoms with Crippen molar-refractivity contribution >= 4 is 23.4 Å². The number of unbranched alkanes of at least 4 members (excludes halogenated alkanes) is 1. The zero-order chi connectivity index (χ0) is 10.8. The van der Waals surface area contributed by atoms with E-state index < -0.39 is 0 Å². The molecule has 2 rings (SSSR count). The normalized spacial score (nSPS) is 11.1. The monoisotopic (exact) mass is 221 g/mol. The molecule has 15 heavy (non-hydrogen) atoms. The van der Waals surface area contributed by atoms with E-state index in [1.165, 1.54) is 6.42 Å². The lowest BCUT2D eigenvalue weighted by molar-refractivity contribution is 0.635. The van der Waals surface area contributed by atoms with Crippen LogP contribution in [-0.4, -0.2) is 14.5 Å². The first-order valence-electron chi connectivity index (χ1n) is 5.28. The van der Waals surface area contributed by atoms with Gasteiger partial charge >= 0.3 is 0 Å². The fourth-order valence-corrected chi connectivity index (χ4v) is 1.94. The van der Waals surface area contributed by atoms with Gasteiger partial charge in [0, 0.05) is 12.2 Å².